The van der Waals surface area contributed by atoms with Crippen molar-refractivity contribution in [3.05, 3.63) is 47.4 Å². The third-order valence-electron chi connectivity index (χ3n) is 3.65. The maximum atomic E-state index is 13.6. The van der Waals surface area contributed by atoms with Gasteiger partial charge >= 0.3 is 0 Å². The SMILES string of the molecule is CCNC1CSCC1c1nc(Cc2ccccc2F)no1. The number of aromatic nitrogens is 2. The molecule has 1 N–H and O–H groups in total. The third kappa shape index (κ3) is 3.27. The van der Waals surface area contributed by atoms with E-state index in [4.69, 9.17) is 4.52 Å². The topological polar surface area (TPSA) is 51.0 Å². The van der Waals surface area contributed by atoms with Gasteiger partial charge in [-0.25, -0.2) is 4.39 Å². The minimum Gasteiger partial charge on any atom is -0.339 e. The summed E-state index contributed by atoms with van der Waals surface area (Å²) in [6.45, 7) is 3.02. The Morgan fingerprint density at radius 1 is 1.38 bits per heavy atom. The highest BCUT2D eigenvalue weighted by Gasteiger charge is 2.32. The van der Waals surface area contributed by atoms with E-state index in [1.54, 1.807) is 12.1 Å². The van der Waals surface area contributed by atoms with Gasteiger partial charge in [-0.2, -0.15) is 16.7 Å². The first-order valence-corrected chi connectivity index (χ1v) is 8.30. The van der Waals surface area contributed by atoms with E-state index in [1.165, 1.54) is 6.07 Å². The molecular formula is C15H18FN3OS. The normalized spacial score (nSPS) is 21.8. The number of nitrogens with one attached hydrogen (secondary N) is 1. The molecular weight excluding hydrogens is 289 g/mol. The molecule has 112 valence electrons. The van der Waals surface area contributed by atoms with E-state index in [0.717, 1.165) is 18.1 Å². The summed E-state index contributed by atoms with van der Waals surface area (Å²) in [7, 11) is 0. The van der Waals surface area contributed by atoms with Crippen LogP contribution in [0.1, 0.15) is 30.1 Å². The summed E-state index contributed by atoms with van der Waals surface area (Å²) in [5.41, 5.74) is 0.592. The molecule has 0 spiro atoms. The fourth-order valence-electron chi connectivity index (χ4n) is 2.56. The Bertz CT molecular complexity index is 604. The summed E-state index contributed by atoms with van der Waals surface area (Å²) in [5, 5.41) is 7.45. The Kier molecular flexibility index (Phi) is 4.55. The quantitative estimate of drug-likeness (QED) is 0.920. The molecule has 4 nitrogen and oxygen atoms in total. The number of hydrogen-bond acceptors (Lipinski definition) is 5. The van der Waals surface area contributed by atoms with Crippen LogP contribution in [-0.2, 0) is 6.42 Å². The second-order valence-electron chi connectivity index (χ2n) is 5.13. The van der Waals surface area contributed by atoms with Gasteiger partial charge in [0.15, 0.2) is 5.82 Å². The molecule has 2 atom stereocenters. The molecule has 0 bridgehead atoms. The summed E-state index contributed by atoms with van der Waals surface area (Å²) < 4.78 is 19.0. The highest BCUT2D eigenvalue weighted by molar-refractivity contribution is 7.99. The number of hydrogen-bond donors (Lipinski definition) is 1. The second kappa shape index (κ2) is 6.58. The maximum Gasteiger partial charge on any atom is 0.232 e. The molecule has 6 heteroatoms. The van der Waals surface area contributed by atoms with Crippen molar-refractivity contribution in [2.45, 2.75) is 25.3 Å². The van der Waals surface area contributed by atoms with Crippen molar-refractivity contribution in [1.29, 1.82) is 0 Å². The van der Waals surface area contributed by atoms with Gasteiger partial charge in [0.25, 0.3) is 0 Å². The summed E-state index contributed by atoms with van der Waals surface area (Å²) >= 11 is 1.89. The monoisotopic (exact) mass is 307 g/mol. The molecule has 3 rings (SSSR count). The Morgan fingerprint density at radius 2 is 2.24 bits per heavy atom. The second-order valence-corrected chi connectivity index (χ2v) is 6.20. The van der Waals surface area contributed by atoms with E-state index in [-0.39, 0.29) is 11.7 Å². The molecule has 0 amide bonds. The molecule has 1 fully saturated rings. The smallest absolute Gasteiger partial charge is 0.232 e. The summed E-state index contributed by atoms with van der Waals surface area (Å²) in [5.74, 6) is 3.27. The molecule has 0 aliphatic carbocycles. The van der Waals surface area contributed by atoms with Crippen LogP contribution in [0.2, 0.25) is 0 Å². The van der Waals surface area contributed by atoms with Crippen molar-refractivity contribution in [3.8, 4) is 0 Å². The lowest BCUT2D eigenvalue weighted by atomic mass is 10.0. The van der Waals surface area contributed by atoms with Gasteiger partial charge in [0, 0.05) is 24.0 Å². The minimum atomic E-state index is -0.231. The van der Waals surface area contributed by atoms with Crippen molar-refractivity contribution in [1.82, 2.24) is 15.5 Å². The van der Waals surface area contributed by atoms with Crippen LogP contribution in [0.5, 0.6) is 0 Å². The van der Waals surface area contributed by atoms with E-state index in [1.807, 2.05) is 17.8 Å². The first-order valence-electron chi connectivity index (χ1n) is 7.15. The van der Waals surface area contributed by atoms with Crippen LogP contribution >= 0.6 is 11.8 Å². The van der Waals surface area contributed by atoms with Crippen LogP contribution in [0.15, 0.2) is 28.8 Å². The molecule has 1 aromatic heterocycles. The Balaban J connectivity index is 1.73. The first-order chi connectivity index (χ1) is 10.3. The first kappa shape index (κ1) is 14.5. The molecule has 1 saturated heterocycles. The molecule has 21 heavy (non-hydrogen) atoms. The Morgan fingerprint density at radius 3 is 3.05 bits per heavy atom. The predicted octanol–water partition coefficient (Wildman–Crippen LogP) is 2.61. The van der Waals surface area contributed by atoms with Gasteiger partial charge in [0.05, 0.1) is 5.92 Å². The number of likely N-dealkylation sites (N-methyl/N-ethyl adjacent to an activating group) is 1. The van der Waals surface area contributed by atoms with Gasteiger partial charge in [0.1, 0.15) is 5.82 Å². The van der Waals surface area contributed by atoms with Crippen molar-refractivity contribution in [2.24, 2.45) is 0 Å². The summed E-state index contributed by atoms with van der Waals surface area (Å²) in [4.78, 5) is 4.46. The van der Waals surface area contributed by atoms with Gasteiger partial charge in [0.2, 0.25) is 5.89 Å². The predicted molar refractivity (Wildman–Crippen MR) is 81.0 cm³/mol. The summed E-state index contributed by atoms with van der Waals surface area (Å²) in [6, 6.07) is 7.07. The zero-order valence-corrected chi connectivity index (χ0v) is 12.7. The zero-order valence-electron chi connectivity index (χ0n) is 11.9. The van der Waals surface area contributed by atoms with Gasteiger partial charge in [-0.15, -0.1) is 0 Å². The molecule has 1 aliphatic rings. The van der Waals surface area contributed by atoms with Crippen LogP contribution in [0.3, 0.4) is 0 Å². The minimum absolute atomic E-state index is 0.231. The average molecular weight is 307 g/mol. The van der Waals surface area contributed by atoms with Gasteiger partial charge < -0.3 is 9.84 Å². The highest BCUT2D eigenvalue weighted by Crippen LogP contribution is 2.32. The van der Waals surface area contributed by atoms with E-state index >= 15 is 0 Å². The van der Waals surface area contributed by atoms with Crippen LogP contribution in [0.25, 0.3) is 0 Å². The zero-order chi connectivity index (χ0) is 14.7. The van der Waals surface area contributed by atoms with Crippen LogP contribution in [0, 0.1) is 5.82 Å². The van der Waals surface area contributed by atoms with E-state index < -0.39 is 0 Å². The van der Waals surface area contributed by atoms with Crippen molar-refractivity contribution < 1.29 is 8.91 Å². The van der Waals surface area contributed by atoms with Gasteiger partial charge in [-0.05, 0) is 18.2 Å². The highest BCUT2D eigenvalue weighted by atomic mass is 32.2. The maximum absolute atomic E-state index is 13.6. The molecule has 0 saturated carbocycles. The van der Waals surface area contributed by atoms with Crippen molar-refractivity contribution in [2.75, 3.05) is 18.1 Å². The lowest BCUT2D eigenvalue weighted by Crippen LogP contribution is -2.34. The third-order valence-corrected chi connectivity index (χ3v) is 4.84. The number of rotatable bonds is 5. The number of nitrogens with zero attached hydrogens (tertiary/aromatic N) is 2. The Labute approximate surface area is 127 Å². The molecule has 1 aromatic carbocycles. The van der Waals surface area contributed by atoms with Crippen LogP contribution in [0.4, 0.5) is 4.39 Å². The molecule has 2 heterocycles. The van der Waals surface area contributed by atoms with E-state index in [0.29, 0.717) is 29.7 Å². The van der Waals surface area contributed by atoms with E-state index in [2.05, 4.69) is 22.4 Å². The lowest BCUT2D eigenvalue weighted by molar-refractivity contribution is 0.337. The largest absolute Gasteiger partial charge is 0.339 e. The number of benzene rings is 1. The van der Waals surface area contributed by atoms with Crippen LogP contribution in [-0.4, -0.2) is 34.2 Å². The molecule has 0 radical (unpaired) electrons. The standard InChI is InChI=1S/C15H18FN3OS/c1-2-17-13-9-21-8-11(13)15-18-14(19-20-15)7-10-5-3-4-6-12(10)16/h3-6,11,13,17H,2,7-9H2,1H3. The summed E-state index contributed by atoms with van der Waals surface area (Å²) in [6.07, 6.45) is 0.363. The fraction of sp³-hybridized carbons (Fsp3) is 0.467. The molecule has 2 aromatic rings. The number of halogens is 1. The van der Waals surface area contributed by atoms with Gasteiger partial charge in [-0.1, -0.05) is 30.3 Å². The fourth-order valence-corrected chi connectivity index (χ4v) is 3.93. The lowest BCUT2D eigenvalue weighted by Gasteiger charge is -2.15. The van der Waals surface area contributed by atoms with Gasteiger partial charge in [-0.3, -0.25) is 0 Å². The van der Waals surface area contributed by atoms with Crippen molar-refractivity contribution >= 4 is 11.8 Å². The van der Waals surface area contributed by atoms with Crippen molar-refractivity contribution in [3.63, 3.8) is 0 Å². The Hall–Kier alpha value is -1.40. The average Bonchev–Trinajstić information content (AvgIpc) is 3.11. The number of thioether (sulfide) groups is 1. The van der Waals surface area contributed by atoms with Crippen LogP contribution < -0.4 is 5.32 Å². The van der Waals surface area contributed by atoms with E-state index in [9.17, 15) is 4.39 Å². The molecule has 1 aliphatic heterocycles. The molecule has 2 unspecified atom stereocenters.